The summed E-state index contributed by atoms with van der Waals surface area (Å²) in [5.74, 6) is -1.20. The Morgan fingerprint density at radius 3 is 2.52 bits per heavy atom. The molecular formula is C13H12F3N5O2S2. The van der Waals surface area contributed by atoms with Crippen LogP contribution in [0.4, 0.5) is 13.2 Å². The number of hydrogen-bond donors (Lipinski definition) is 1. The van der Waals surface area contributed by atoms with Crippen molar-refractivity contribution in [3.8, 4) is 0 Å². The van der Waals surface area contributed by atoms with Gasteiger partial charge in [0.2, 0.25) is 15.0 Å². The summed E-state index contributed by atoms with van der Waals surface area (Å²) in [6.45, 7) is 1.84. The Bertz CT molecular complexity index is 993. The number of nitrogens with one attached hydrogen (secondary N) is 1. The molecule has 25 heavy (non-hydrogen) atoms. The molecule has 1 N–H and O–H groups in total. The summed E-state index contributed by atoms with van der Waals surface area (Å²) in [4.78, 5) is 0.124. The molecule has 3 aromatic rings. The van der Waals surface area contributed by atoms with Crippen LogP contribution in [-0.2, 0) is 22.6 Å². The minimum absolute atomic E-state index is 0.00164. The van der Waals surface area contributed by atoms with Crippen LogP contribution < -0.4 is 4.72 Å². The van der Waals surface area contributed by atoms with Crippen molar-refractivity contribution in [3.63, 3.8) is 0 Å². The second kappa shape index (κ2) is 6.35. The zero-order chi connectivity index (χ0) is 18.2. The van der Waals surface area contributed by atoms with Crippen LogP contribution in [-0.4, -0.2) is 34.8 Å². The molecule has 0 unspecified atom stereocenters. The van der Waals surface area contributed by atoms with E-state index in [0.717, 1.165) is 16.9 Å². The normalized spacial score (nSPS) is 12.8. The lowest BCUT2D eigenvalue weighted by Gasteiger charge is -2.06. The lowest BCUT2D eigenvalue weighted by molar-refractivity contribution is -0.146. The van der Waals surface area contributed by atoms with E-state index in [1.54, 1.807) is 12.1 Å². The molecule has 12 heteroatoms. The predicted octanol–water partition coefficient (Wildman–Crippen LogP) is 2.03. The van der Waals surface area contributed by atoms with Crippen LogP contribution in [0.15, 0.2) is 29.2 Å². The zero-order valence-electron chi connectivity index (χ0n) is 12.8. The van der Waals surface area contributed by atoms with Crippen molar-refractivity contribution in [1.82, 2.24) is 24.5 Å². The van der Waals surface area contributed by atoms with Crippen molar-refractivity contribution in [2.24, 2.45) is 0 Å². The third-order valence-electron chi connectivity index (χ3n) is 3.25. The monoisotopic (exact) mass is 391 g/mol. The van der Waals surface area contributed by atoms with E-state index in [1.807, 2.05) is 6.92 Å². The van der Waals surface area contributed by atoms with Crippen molar-refractivity contribution in [3.05, 3.63) is 40.7 Å². The molecule has 0 aliphatic rings. The zero-order valence-corrected chi connectivity index (χ0v) is 14.4. The average molecular weight is 391 g/mol. The Kier molecular flexibility index (Phi) is 4.51. The first-order valence-electron chi connectivity index (χ1n) is 7.01. The fourth-order valence-corrected chi connectivity index (χ4v) is 3.89. The number of benzene rings is 1. The van der Waals surface area contributed by atoms with Crippen LogP contribution in [0, 0.1) is 6.92 Å². The smallest absolute Gasteiger partial charge is 0.211 e. The van der Waals surface area contributed by atoms with Crippen LogP contribution >= 0.6 is 11.3 Å². The van der Waals surface area contributed by atoms with E-state index in [9.17, 15) is 21.6 Å². The maximum Gasteiger partial charge on any atom is 0.453 e. The van der Waals surface area contributed by atoms with Crippen LogP contribution in [0.2, 0.25) is 0 Å². The van der Waals surface area contributed by atoms with Gasteiger partial charge < -0.3 is 0 Å². The van der Waals surface area contributed by atoms with Gasteiger partial charge in [-0.25, -0.2) is 13.1 Å². The highest BCUT2D eigenvalue weighted by atomic mass is 32.2. The number of halogens is 3. The minimum atomic E-state index is -4.65. The topological polar surface area (TPSA) is 89.2 Å². The molecule has 2 aromatic heterocycles. The molecule has 0 radical (unpaired) electrons. The number of alkyl halides is 3. The van der Waals surface area contributed by atoms with E-state index in [-0.39, 0.29) is 22.8 Å². The summed E-state index contributed by atoms with van der Waals surface area (Å²) in [5.41, 5.74) is 0.930. The standard InChI is InChI=1S/C13H12F3N5O2S2/c1-8-2-4-9(5-3-8)25(22,23)17-7-6-10-20-21-11(13(14,15)16)18-19-12(21)24-10/h2-5,17H,6-7H2,1H3. The molecular weight excluding hydrogens is 379 g/mol. The number of hydrogen-bond acceptors (Lipinski definition) is 6. The van der Waals surface area contributed by atoms with Gasteiger partial charge in [0.05, 0.1) is 4.90 Å². The quantitative estimate of drug-likeness (QED) is 0.719. The van der Waals surface area contributed by atoms with Gasteiger partial charge in [0, 0.05) is 13.0 Å². The molecule has 0 atom stereocenters. The van der Waals surface area contributed by atoms with Gasteiger partial charge in [-0.3, -0.25) is 0 Å². The average Bonchev–Trinajstić information content (AvgIpc) is 3.06. The highest BCUT2D eigenvalue weighted by molar-refractivity contribution is 7.89. The second-order valence-electron chi connectivity index (χ2n) is 5.17. The molecule has 0 amide bonds. The molecule has 2 heterocycles. The van der Waals surface area contributed by atoms with Gasteiger partial charge in [-0.1, -0.05) is 29.0 Å². The summed E-state index contributed by atoms with van der Waals surface area (Å²) in [6.07, 6.45) is -4.52. The van der Waals surface area contributed by atoms with Crippen LogP contribution in [0.5, 0.6) is 0 Å². The Balaban J connectivity index is 1.69. The van der Waals surface area contributed by atoms with Crippen molar-refractivity contribution in [2.75, 3.05) is 6.54 Å². The molecule has 0 aliphatic carbocycles. The lowest BCUT2D eigenvalue weighted by Crippen LogP contribution is -2.26. The number of rotatable bonds is 5. The van der Waals surface area contributed by atoms with Gasteiger partial charge in [-0.2, -0.15) is 22.8 Å². The summed E-state index contributed by atoms with van der Waals surface area (Å²) in [6, 6.07) is 6.32. The predicted molar refractivity (Wildman–Crippen MR) is 83.7 cm³/mol. The maximum absolute atomic E-state index is 12.7. The maximum atomic E-state index is 12.7. The van der Waals surface area contributed by atoms with Crippen LogP contribution in [0.1, 0.15) is 16.4 Å². The molecule has 0 saturated heterocycles. The largest absolute Gasteiger partial charge is 0.453 e. The van der Waals surface area contributed by atoms with E-state index in [0.29, 0.717) is 9.52 Å². The van der Waals surface area contributed by atoms with Crippen molar-refractivity contribution >= 4 is 26.3 Å². The first-order valence-corrected chi connectivity index (χ1v) is 9.31. The summed E-state index contributed by atoms with van der Waals surface area (Å²) in [7, 11) is -3.68. The molecule has 1 aromatic carbocycles. The van der Waals surface area contributed by atoms with Gasteiger partial charge in [0.15, 0.2) is 0 Å². The highest BCUT2D eigenvalue weighted by Crippen LogP contribution is 2.29. The Morgan fingerprint density at radius 1 is 1.20 bits per heavy atom. The van der Waals surface area contributed by atoms with Crippen molar-refractivity contribution < 1.29 is 21.6 Å². The van der Waals surface area contributed by atoms with E-state index in [2.05, 4.69) is 20.0 Å². The summed E-state index contributed by atoms with van der Waals surface area (Å²) >= 11 is 0.926. The van der Waals surface area contributed by atoms with Gasteiger partial charge in [0.1, 0.15) is 5.01 Å². The van der Waals surface area contributed by atoms with Crippen LogP contribution in [0.3, 0.4) is 0 Å². The number of nitrogens with zero attached hydrogens (tertiary/aromatic N) is 4. The number of sulfonamides is 1. The molecule has 3 rings (SSSR count). The van der Waals surface area contributed by atoms with Gasteiger partial charge in [0.25, 0.3) is 5.82 Å². The Hall–Kier alpha value is -2.05. The summed E-state index contributed by atoms with van der Waals surface area (Å²) in [5, 5.41) is 10.6. The third kappa shape index (κ3) is 3.80. The molecule has 0 saturated carbocycles. The van der Waals surface area contributed by atoms with E-state index in [4.69, 9.17) is 0 Å². The number of fused-ring (bicyclic) bond motifs is 1. The van der Waals surface area contributed by atoms with Crippen molar-refractivity contribution in [2.45, 2.75) is 24.4 Å². The first kappa shape index (κ1) is 17.8. The van der Waals surface area contributed by atoms with Crippen LogP contribution in [0.25, 0.3) is 4.96 Å². The van der Waals surface area contributed by atoms with E-state index in [1.165, 1.54) is 12.1 Å². The molecule has 134 valence electrons. The lowest BCUT2D eigenvalue weighted by atomic mass is 10.2. The van der Waals surface area contributed by atoms with Gasteiger partial charge in [-0.15, -0.1) is 10.2 Å². The van der Waals surface area contributed by atoms with Gasteiger partial charge in [-0.05, 0) is 19.1 Å². The molecule has 0 fully saturated rings. The fourth-order valence-electron chi connectivity index (χ4n) is 2.03. The highest BCUT2D eigenvalue weighted by Gasteiger charge is 2.38. The van der Waals surface area contributed by atoms with Crippen molar-refractivity contribution in [1.29, 1.82) is 0 Å². The minimum Gasteiger partial charge on any atom is -0.211 e. The molecule has 7 nitrogen and oxygen atoms in total. The SMILES string of the molecule is Cc1ccc(S(=O)(=O)NCCc2nn3c(C(F)(F)F)nnc3s2)cc1. The fraction of sp³-hybridized carbons (Fsp3) is 0.308. The molecule has 0 spiro atoms. The van der Waals surface area contributed by atoms with E-state index < -0.39 is 22.0 Å². The Morgan fingerprint density at radius 2 is 1.88 bits per heavy atom. The van der Waals surface area contributed by atoms with Gasteiger partial charge >= 0.3 is 6.18 Å². The summed E-state index contributed by atoms with van der Waals surface area (Å²) < 4.78 is 65.5. The molecule has 0 bridgehead atoms. The number of aryl methyl sites for hydroxylation is 1. The second-order valence-corrected chi connectivity index (χ2v) is 7.98. The third-order valence-corrected chi connectivity index (χ3v) is 5.68. The van der Waals surface area contributed by atoms with E-state index >= 15 is 0 Å². The first-order chi connectivity index (χ1) is 11.7. The Labute approximate surface area is 144 Å². The number of aromatic nitrogens is 4. The molecule has 0 aliphatic heterocycles.